The summed E-state index contributed by atoms with van der Waals surface area (Å²) in [5, 5.41) is 5.48. The zero-order valence-corrected chi connectivity index (χ0v) is 14.8. The van der Waals surface area contributed by atoms with Crippen LogP contribution in [-0.2, 0) is 6.18 Å². The first kappa shape index (κ1) is 21.0. The van der Waals surface area contributed by atoms with Crippen LogP contribution in [0.1, 0.15) is 5.56 Å². The Hall–Kier alpha value is -3.70. The number of hydrogen-bond donors (Lipinski definition) is 3. The van der Waals surface area contributed by atoms with Crippen LogP contribution in [0.3, 0.4) is 0 Å². The molecular weight excluding hydrogens is 416 g/mol. The SMILES string of the molecule is Nc1c(Nc2ccc(OC(F)(F)F)cc2)ncnc1Nc1cccc(C(F)(F)F)c1. The number of rotatable bonds is 5. The van der Waals surface area contributed by atoms with E-state index in [9.17, 15) is 26.3 Å². The average Bonchev–Trinajstić information content (AvgIpc) is 2.65. The van der Waals surface area contributed by atoms with Crippen LogP contribution in [0.4, 0.5) is 55.0 Å². The molecule has 158 valence electrons. The Bertz CT molecular complexity index is 1020. The summed E-state index contributed by atoms with van der Waals surface area (Å²) >= 11 is 0. The van der Waals surface area contributed by atoms with Crippen LogP contribution in [0.25, 0.3) is 0 Å². The summed E-state index contributed by atoms with van der Waals surface area (Å²) in [5.74, 6) is -0.261. The summed E-state index contributed by atoms with van der Waals surface area (Å²) in [4.78, 5) is 7.84. The van der Waals surface area contributed by atoms with Crippen molar-refractivity contribution in [3.63, 3.8) is 0 Å². The van der Waals surface area contributed by atoms with Gasteiger partial charge in [0.15, 0.2) is 11.6 Å². The minimum Gasteiger partial charge on any atom is -0.406 e. The van der Waals surface area contributed by atoms with Crippen molar-refractivity contribution in [2.45, 2.75) is 12.5 Å². The Labute approximate surface area is 165 Å². The normalized spacial score (nSPS) is 11.8. The molecule has 0 radical (unpaired) electrons. The van der Waals surface area contributed by atoms with Gasteiger partial charge in [0.25, 0.3) is 0 Å². The predicted molar refractivity (Wildman–Crippen MR) is 97.6 cm³/mol. The Morgan fingerprint density at radius 2 is 1.40 bits per heavy atom. The van der Waals surface area contributed by atoms with E-state index in [1.54, 1.807) is 0 Å². The highest BCUT2D eigenvalue weighted by atomic mass is 19.4. The minimum absolute atomic E-state index is 0.00877. The van der Waals surface area contributed by atoms with Gasteiger partial charge in [0.1, 0.15) is 17.8 Å². The number of hydrogen-bond acceptors (Lipinski definition) is 6. The molecule has 0 fully saturated rings. The van der Waals surface area contributed by atoms with Gasteiger partial charge in [0.2, 0.25) is 0 Å². The van der Waals surface area contributed by atoms with E-state index in [0.29, 0.717) is 5.69 Å². The van der Waals surface area contributed by atoms with Crippen LogP contribution < -0.4 is 21.1 Å². The lowest BCUT2D eigenvalue weighted by Crippen LogP contribution is -2.17. The molecule has 12 heteroatoms. The summed E-state index contributed by atoms with van der Waals surface area (Å²) < 4.78 is 79.0. The molecule has 1 aromatic heterocycles. The molecule has 0 spiro atoms. The second kappa shape index (κ2) is 7.97. The van der Waals surface area contributed by atoms with Crippen molar-refractivity contribution in [3.8, 4) is 5.75 Å². The third kappa shape index (κ3) is 5.43. The van der Waals surface area contributed by atoms with E-state index in [1.165, 1.54) is 24.3 Å². The van der Waals surface area contributed by atoms with Crippen molar-refractivity contribution >= 4 is 28.7 Å². The van der Waals surface area contributed by atoms with Gasteiger partial charge < -0.3 is 21.1 Å². The monoisotopic (exact) mass is 429 g/mol. The van der Waals surface area contributed by atoms with Gasteiger partial charge in [-0.2, -0.15) is 13.2 Å². The largest absolute Gasteiger partial charge is 0.573 e. The van der Waals surface area contributed by atoms with E-state index in [4.69, 9.17) is 5.73 Å². The van der Waals surface area contributed by atoms with E-state index in [1.807, 2.05) is 0 Å². The number of anilines is 5. The molecule has 0 unspecified atom stereocenters. The molecule has 0 aliphatic heterocycles. The Balaban J connectivity index is 1.77. The summed E-state index contributed by atoms with van der Waals surface area (Å²) in [5.41, 5.74) is 5.57. The number of alkyl halides is 6. The third-order valence-corrected chi connectivity index (χ3v) is 3.69. The van der Waals surface area contributed by atoms with E-state index in [-0.39, 0.29) is 23.0 Å². The molecule has 4 N–H and O–H groups in total. The van der Waals surface area contributed by atoms with E-state index in [2.05, 4.69) is 25.3 Å². The Morgan fingerprint density at radius 1 is 0.800 bits per heavy atom. The molecule has 0 atom stereocenters. The Morgan fingerprint density at radius 3 is 1.97 bits per heavy atom. The zero-order chi connectivity index (χ0) is 21.9. The zero-order valence-electron chi connectivity index (χ0n) is 14.8. The molecule has 0 saturated heterocycles. The molecule has 0 bridgehead atoms. The van der Waals surface area contributed by atoms with Crippen LogP contribution >= 0.6 is 0 Å². The van der Waals surface area contributed by atoms with Gasteiger partial charge in [-0.3, -0.25) is 0 Å². The standard InChI is InChI=1S/C18H13F6N5O/c19-17(20,21)10-2-1-3-12(8-10)29-16-14(25)15(26-9-27-16)28-11-4-6-13(7-5-11)30-18(22,23)24/h1-9H,25H2,(H2,26,27,28,29). The fraction of sp³-hybridized carbons (Fsp3) is 0.111. The second-order valence-electron chi connectivity index (χ2n) is 5.89. The minimum atomic E-state index is -4.81. The van der Waals surface area contributed by atoms with Gasteiger partial charge in [-0.05, 0) is 42.5 Å². The number of aromatic nitrogens is 2. The molecule has 0 aliphatic carbocycles. The first-order valence-electron chi connectivity index (χ1n) is 8.19. The van der Waals surface area contributed by atoms with Gasteiger partial charge in [-0.1, -0.05) is 6.07 Å². The maximum atomic E-state index is 12.9. The lowest BCUT2D eigenvalue weighted by atomic mass is 10.2. The number of halogens is 6. The molecule has 3 rings (SSSR count). The second-order valence-corrected chi connectivity index (χ2v) is 5.89. The van der Waals surface area contributed by atoms with Gasteiger partial charge in [-0.15, -0.1) is 13.2 Å². The summed E-state index contributed by atoms with van der Waals surface area (Å²) in [7, 11) is 0. The van der Waals surface area contributed by atoms with Gasteiger partial charge in [-0.25, -0.2) is 9.97 Å². The molecule has 30 heavy (non-hydrogen) atoms. The van der Waals surface area contributed by atoms with Crippen molar-refractivity contribution in [1.29, 1.82) is 0 Å². The number of nitrogens with two attached hydrogens (primary N) is 1. The Kier molecular flexibility index (Phi) is 5.58. The van der Waals surface area contributed by atoms with Gasteiger partial charge in [0.05, 0.1) is 5.56 Å². The molecule has 6 nitrogen and oxygen atoms in total. The highest BCUT2D eigenvalue weighted by Gasteiger charge is 2.31. The molecule has 2 aromatic carbocycles. The van der Waals surface area contributed by atoms with E-state index >= 15 is 0 Å². The fourth-order valence-corrected chi connectivity index (χ4v) is 2.38. The predicted octanol–water partition coefficient (Wildman–Crippen LogP) is 5.46. The third-order valence-electron chi connectivity index (χ3n) is 3.69. The van der Waals surface area contributed by atoms with Crippen LogP contribution in [0.2, 0.25) is 0 Å². The first-order chi connectivity index (χ1) is 14.0. The number of benzene rings is 2. The maximum Gasteiger partial charge on any atom is 0.573 e. The van der Waals surface area contributed by atoms with Gasteiger partial charge >= 0.3 is 12.5 Å². The number of ether oxygens (including phenoxy) is 1. The van der Waals surface area contributed by atoms with Crippen LogP contribution in [0.5, 0.6) is 5.75 Å². The lowest BCUT2D eigenvalue weighted by molar-refractivity contribution is -0.274. The fourth-order valence-electron chi connectivity index (χ4n) is 2.38. The smallest absolute Gasteiger partial charge is 0.406 e. The molecule has 3 aromatic rings. The average molecular weight is 429 g/mol. The number of nitrogen functional groups attached to an aromatic ring is 1. The molecular formula is C18H13F6N5O. The first-order valence-corrected chi connectivity index (χ1v) is 8.19. The summed E-state index contributed by atoms with van der Waals surface area (Å²) in [6.07, 6.45) is -8.20. The van der Waals surface area contributed by atoms with Crippen molar-refractivity contribution in [3.05, 3.63) is 60.4 Å². The maximum absolute atomic E-state index is 12.9. The topological polar surface area (TPSA) is 85.1 Å². The van der Waals surface area contributed by atoms with Crippen LogP contribution in [0, 0.1) is 0 Å². The molecule has 0 aliphatic rings. The molecule has 1 heterocycles. The van der Waals surface area contributed by atoms with Gasteiger partial charge in [0, 0.05) is 11.4 Å². The highest BCUT2D eigenvalue weighted by molar-refractivity contribution is 5.80. The lowest BCUT2D eigenvalue weighted by Gasteiger charge is -2.14. The molecule has 0 saturated carbocycles. The quantitative estimate of drug-likeness (QED) is 0.467. The van der Waals surface area contributed by atoms with Crippen LogP contribution in [0.15, 0.2) is 54.9 Å². The number of nitrogens with one attached hydrogen (secondary N) is 2. The van der Waals surface area contributed by atoms with Crippen molar-refractivity contribution in [2.75, 3.05) is 16.4 Å². The molecule has 0 amide bonds. The number of nitrogens with zero attached hydrogens (tertiary/aromatic N) is 2. The highest BCUT2D eigenvalue weighted by Crippen LogP contribution is 2.33. The van der Waals surface area contributed by atoms with Crippen molar-refractivity contribution < 1.29 is 31.1 Å². The van der Waals surface area contributed by atoms with Crippen molar-refractivity contribution in [1.82, 2.24) is 9.97 Å². The van der Waals surface area contributed by atoms with Crippen molar-refractivity contribution in [2.24, 2.45) is 0 Å². The van der Waals surface area contributed by atoms with E-state index in [0.717, 1.165) is 30.6 Å². The van der Waals surface area contributed by atoms with E-state index < -0.39 is 23.9 Å². The van der Waals surface area contributed by atoms with Crippen LogP contribution in [-0.4, -0.2) is 16.3 Å². The summed E-state index contributed by atoms with van der Waals surface area (Å²) in [6, 6.07) is 9.26. The summed E-state index contributed by atoms with van der Waals surface area (Å²) in [6.45, 7) is 0.